The molecule has 8 nitrogen and oxygen atoms in total. The fourth-order valence-electron chi connectivity index (χ4n) is 2.04. The monoisotopic (exact) mass is 289 g/mol. The summed E-state index contributed by atoms with van der Waals surface area (Å²) in [4.78, 5) is 14.8. The van der Waals surface area contributed by atoms with E-state index in [1.165, 1.54) is 12.5 Å². The Hall–Kier alpha value is -1.45. The van der Waals surface area contributed by atoms with Gasteiger partial charge in [-0.1, -0.05) is 0 Å². The zero-order chi connectivity index (χ0) is 14.2. The van der Waals surface area contributed by atoms with Crippen LogP contribution in [0.15, 0.2) is 17.6 Å². The van der Waals surface area contributed by atoms with Crippen molar-refractivity contribution in [1.29, 1.82) is 0 Å². The van der Waals surface area contributed by atoms with E-state index in [1.54, 1.807) is 4.57 Å². The number of rotatable bonds is 4. The van der Waals surface area contributed by atoms with Crippen molar-refractivity contribution >= 4 is 16.0 Å². The third-order valence-corrected chi connectivity index (χ3v) is 4.83. The Morgan fingerprint density at radius 2 is 2.26 bits per heavy atom. The van der Waals surface area contributed by atoms with Gasteiger partial charge in [-0.2, -0.15) is 4.31 Å². The molecule has 1 aromatic rings. The Labute approximate surface area is 110 Å². The summed E-state index contributed by atoms with van der Waals surface area (Å²) in [7, 11) is -3.99. The quantitative estimate of drug-likeness (QED) is 0.743. The van der Waals surface area contributed by atoms with Crippen molar-refractivity contribution in [3.63, 3.8) is 0 Å². The molecule has 106 valence electrons. The minimum absolute atomic E-state index is 0.108. The number of hydrogen-bond donors (Lipinski definition) is 2. The molecule has 1 aliphatic heterocycles. The molecule has 1 saturated heterocycles. The molecular formula is C10H15N3O5S. The molecule has 1 aromatic heterocycles. The maximum absolute atomic E-state index is 12.3. The average molecular weight is 289 g/mol. The second-order valence-corrected chi connectivity index (χ2v) is 6.20. The Morgan fingerprint density at radius 3 is 2.79 bits per heavy atom. The van der Waals surface area contributed by atoms with Gasteiger partial charge in [0.15, 0.2) is 5.03 Å². The lowest BCUT2D eigenvalue weighted by Gasteiger charge is -2.19. The van der Waals surface area contributed by atoms with Crippen molar-refractivity contribution < 1.29 is 23.4 Å². The summed E-state index contributed by atoms with van der Waals surface area (Å²) in [6, 6.07) is -1.24. The number of aromatic nitrogens is 2. The zero-order valence-corrected chi connectivity index (χ0v) is 11.1. The molecule has 0 saturated carbocycles. The Balaban J connectivity index is 2.35. The van der Waals surface area contributed by atoms with Crippen molar-refractivity contribution in [2.24, 2.45) is 0 Å². The zero-order valence-electron chi connectivity index (χ0n) is 10.3. The van der Waals surface area contributed by atoms with E-state index in [2.05, 4.69) is 4.98 Å². The minimum Gasteiger partial charge on any atom is -0.480 e. The second kappa shape index (κ2) is 4.91. The van der Waals surface area contributed by atoms with Crippen LogP contribution in [0.3, 0.4) is 0 Å². The number of imidazole rings is 1. The molecule has 2 rings (SSSR count). The highest BCUT2D eigenvalue weighted by Gasteiger charge is 2.44. The number of aryl methyl sites for hydroxylation is 1. The summed E-state index contributed by atoms with van der Waals surface area (Å²) in [6.07, 6.45) is 1.64. The number of carboxylic acid groups (broad SMARTS) is 1. The molecule has 2 heterocycles. The molecule has 0 spiro atoms. The highest BCUT2D eigenvalue weighted by molar-refractivity contribution is 7.89. The molecule has 1 aliphatic rings. The summed E-state index contributed by atoms with van der Waals surface area (Å²) < 4.78 is 27.0. The number of aliphatic carboxylic acids is 1. The first-order chi connectivity index (χ1) is 8.86. The first-order valence-corrected chi connectivity index (χ1v) is 7.24. The van der Waals surface area contributed by atoms with Gasteiger partial charge in [0.25, 0.3) is 10.0 Å². The lowest BCUT2D eigenvalue weighted by atomic mass is 10.2. The van der Waals surface area contributed by atoms with E-state index in [0.717, 1.165) is 4.31 Å². The van der Waals surface area contributed by atoms with E-state index in [1.807, 2.05) is 6.92 Å². The predicted molar refractivity (Wildman–Crippen MR) is 63.8 cm³/mol. The summed E-state index contributed by atoms with van der Waals surface area (Å²) in [5.41, 5.74) is 0. The van der Waals surface area contributed by atoms with Crippen LogP contribution in [0.25, 0.3) is 0 Å². The van der Waals surface area contributed by atoms with Gasteiger partial charge in [0, 0.05) is 25.7 Å². The molecule has 2 atom stereocenters. The number of hydrogen-bond acceptors (Lipinski definition) is 5. The lowest BCUT2D eigenvalue weighted by Crippen LogP contribution is -2.40. The fourth-order valence-corrected chi connectivity index (χ4v) is 3.61. The first kappa shape index (κ1) is 14.0. The number of carboxylic acids is 1. The van der Waals surface area contributed by atoms with Crippen LogP contribution in [-0.4, -0.2) is 57.1 Å². The van der Waals surface area contributed by atoms with Crippen LogP contribution in [0.4, 0.5) is 0 Å². The van der Waals surface area contributed by atoms with Gasteiger partial charge < -0.3 is 14.8 Å². The smallest absolute Gasteiger partial charge is 0.322 e. The standard InChI is InChI=1S/C10H15N3O5S/c1-2-12-5-9(11-6-12)19(17,18)13-4-7(14)3-8(13)10(15)16/h5-8,14H,2-4H2,1H3,(H,15,16)/t7-,8+/m1/s1. The van der Waals surface area contributed by atoms with Crippen LogP contribution in [0, 0.1) is 0 Å². The number of aliphatic hydroxyl groups excluding tert-OH is 1. The van der Waals surface area contributed by atoms with Crippen molar-refractivity contribution in [3.05, 3.63) is 12.5 Å². The fraction of sp³-hybridized carbons (Fsp3) is 0.600. The average Bonchev–Trinajstić information content (AvgIpc) is 2.94. The van der Waals surface area contributed by atoms with Crippen molar-refractivity contribution in [3.8, 4) is 0 Å². The van der Waals surface area contributed by atoms with Crippen molar-refractivity contribution in [1.82, 2.24) is 13.9 Å². The molecular weight excluding hydrogens is 274 g/mol. The molecule has 0 aromatic carbocycles. The number of sulfonamides is 1. The molecule has 2 N–H and O–H groups in total. The number of aliphatic hydroxyl groups is 1. The highest BCUT2D eigenvalue weighted by Crippen LogP contribution is 2.25. The largest absolute Gasteiger partial charge is 0.480 e. The Kier molecular flexibility index (Phi) is 3.61. The van der Waals surface area contributed by atoms with Gasteiger partial charge in [0.2, 0.25) is 0 Å². The van der Waals surface area contributed by atoms with Crippen LogP contribution < -0.4 is 0 Å². The molecule has 0 amide bonds. The molecule has 0 unspecified atom stereocenters. The second-order valence-electron chi connectivity index (χ2n) is 4.36. The van der Waals surface area contributed by atoms with Crippen LogP contribution in [0.5, 0.6) is 0 Å². The summed E-state index contributed by atoms with van der Waals surface area (Å²) >= 11 is 0. The number of nitrogens with zero attached hydrogens (tertiary/aromatic N) is 3. The topological polar surface area (TPSA) is 113 Å². The molecule has 19 heavy (non-hydrogen) atoms. The maximum atomic E-state index is 12.3. The summed E-state index contributed by atoms with van der Waals surface area (Å²) in [5.74, 6) is -1.27. The Morgan fingerprint density at radius 1 is 1.58 bits per heavy atom. The van der Waals surface area contributed by atoms with Crippen LogP contribution in [-0.2, 0) is 21.4 Å². The maximum Gasteiger partial charge on any atom is 0.322 e. The minimum atomic E-state index is -3.99. The highest BCUT2D eigenvalue weighted by atomic mass is 32.2. The number of β-amino-alcohol motifs (C(OH)–C–C–N with tert-alkyl or cyclic N) is 1. The van der Waals surface area contributed by atoms with Gasteiger partial charge in [-0.25, -0.2) is 13.4 Å². The van der Waals surface area contributed by atoms with Crippen molar-refractivity contribution in [2.75, 3.05) is 6.54 Å². The van der Waals surface area contributed by atoms with Crippen molar-refractivity contribution in [2.45, 2.75) is 37.1 Å². The predicted octanol–water partition coefficient (Wildman–Crippen LogP) is -0.888. The van der Waals surface area contributed by atoms with Gasteiger partial charge in [-0.3, -0.25) is 4.79 Å². The van der Waals surface area contributed by atoms with E-state index in [0.29, 0.717) is 6.54 Å². The third kappa shape index (κ3) is 2.48. The first-order valence-electron chi connectivity index (χ1n) is 5.80. The van der Waals surface area contributed by atoms with E-state index in [9.17, 15) is 18.3 Å². The molecule has 0 radical (unpaired) electrons. The van der Waals surface area contributed by atoms with E-state index >= 15 is 0 Å². The van der Waals surface area contributed by atoms with Gasteiger partial charge in [0.1, 0.15) is 6.04 Å². The molecule has 0 aliphatic carbocycles. The van der Waals surface area contributed by atoms with Gasteiger partial charge >= 0.3 is 5.97 Å². The van der Waals surface area contributed by atoms with Gasteiger partial charge in [-0.15, -0.1) is 0 Å². The van der Waals surface area contributed by atoms with E-state index in [4.69, 9.17) is 5.11 Å². The number of carbonyl (C=O) groups is 1. The molecule has 1 fully saturated rings. The normalized spacial score (nSPS) is 24.7. The van der Waals surface area contributed by atoms with E-state index in [-0.39, 0.29) is 18.0 Å². The lowest BCUT2D eigenvalue weighted by molar-refractivity contribution is -0.140. The summed E-state index contributed by atoms with van der Waals surface area (Å²) in [6.45, 7) is 2.17. The van der Waals surface area contributed by atoms with Gasteiger partial charge in [0.05, 0.1) is 12.4 Å². The van der Waals surface area contributed by atoms with Crippen LogP contribution in [0.2, 0.25) is 0 Å². The van der Waals surface area contributed by atoms with Crippen LogP contribution in [0.1, 0.15) is 13.3 Å². The van der Waals surface area contributed by atoms with Gasteiger partial charge in [-0.05, 0) is 6.92 Å². The van der Waals surface area contributed by atoms with Crippen LogP contribution >= 0.6 is 0 Å². The molecule has 9 heteroatoms. The molecule has 0 bridgehead atoms. The third-order valence-electron chi connectivity index (χ3n) is 3.07. The summed E-state index contributed by atoms with van der Waals surface area (Å²) in [5, 5.41) is 18.3. The van der Waals surface area contributed by atoms with E-state index < -0.39 is 28.1 Å². The Bertz CT molecular complexity index is 582. The SMILES string of the molecule is CCn1cnc(S(=O)(=O)N2C[C@H](O)C[C@H]2C(=O)O)c1.